The lowest BCUT2D eigenvalue weighted by Gasteiger charge is -2.31. The van der Waals surface area contributed by atoms with Crippen molar-refractivity contribution >= 4 is 5.91 Å². The molecule has 27 heavy (non-hydrogen) atoms. The van der Waals surface area contributed by atoms with Gasteiger partial charge in [-0.2, -0.15) is 18.3 Å². The van der Waals surface area contributed by atoms with Crippen LogP contribution >= 0.6 is 0 Å². The van der Waals surface area contributed by atoms with Gasteiger partial charge < -0.3 is 5.32 Å². The molecule has 0 saturated heterocycles. The Labute approximate surface area is 156 Å². The molecule has 2 aromatic heterocycles. The van der Waals surface area contributed by atoms with E-state index in [9.17, 15) is 18.0 Å². The number of rotatable bonds is 4. The minimum atomic E-state index is -4.21. The number of amides is 1. The highest BCUT2D eigenvalue weighted by Gasteiger charge is 2.42. The molecular weight excluding hydrogens is 357 g/mol. The number of pyridine rings is 1. The van der Waals surface area contributed by atoms with Gasteiger partial charge in [0.15, 0.2) is 5.82 Å². The van der Waals surface area contributed by atoms with Gasteiger partial charge in [-0.3, -0.25) is 4.79 Å². The number of hydrogen-bond acceptors (Lipinski definition) is 3. The van der Waals surface area contributed by atoms with Gasteiger partial charge in [0.25, 0.3) is 5.91 Å². The van der Waals surface area contributed by atoms with Crippen LogP contribution in [-0.4, -0.2) is 32.9 Å². The molecule has 5 nitrogen and oxygen atoms in total. The van der Waals surface area contributed by atoms with Crippen molar-refractivity contribution in [2.75, 3.05) is 0 Å². The van der Waals surface area contributed by atoms with Crippen molar-refractivity contribution < 1.29 is 18.0 Å². The summed E-state index contributed by atoms with van der Waals surface area (Å²) in [6, 6.07) is 4.93. The predicted octanol–water partition coefficient (Wildman–Crippen LogP) is 4.24. The molecule has 2 aromatic rings. The zero-order valence-electron chi connectivity index (χ0n) is 15.3. The SMILES string of the molecule is CC(C)c1c(C(=O)N[C@@H]2CCC[C@H](C(F)(F)F)C2)cnn1-c1ccccn1. The Morgan fingerprint density at radius 2 is 2.07 bits per heavy atom. The van der Waals surface area contributed by atoms with Gasteiger partial charge in [-0.1, -0.05) is 26.3 Å². The van der Waals surface area contributed by atoms with Crippen LogP contribution in [0.3, 0.4) is 0 Å². The van der Waals surface area contributed by atoms with Crippen molar-refractivity contribution in [1.29, 1.82) is 0 Å². The summed E-state index contributed by atoms with van der Waals surface area (Å²) in [7, 11) is 0. The standard InChI is InChI=1S/C19H23F3N4O/c1-12(2)17-15(11-24-26(17)16-8-3-4-9-23-16)18(27)25-14-7-5-6-13(10-14)19(20,21)22/h3-4,8-9,11-14H,5-7,10H2,1-2H3,(H,25,27)/t13-,14+/m0/s1. The number of nitrogens with zero attached hydrogens (tertiary/aromatic N) is 3. The van der Waals surface area contributed by atoms with Gasteiger partial charge in [0.1, 0.15) is 0 Å². The van der Waals surface area contributed by atoms with Gasteiger partial charge in [-0.25, -0.2) is 9.67 Å². The maximum atomic E-state index is 13.0. The average Bonchev–Trinajstić information content (AvgIpc) is 3.07. The molecule has 1 aliphatic carbocycles. The molecule has 1 N–H and O–H groups in total. The van der Waals surface area contributed by atoms with Crippen LogP contribution in [0, 0.1) is 5.92 Å². The highest BCUT2D eigenvalue weighted by molar-refractivity contribution is 5.95. The maximum Gasteiger partial charge on any atom is 0.391 e. The summed E-state index contributed by atoms with van der Waals surface area (Å²) in [5.74, 6) is -1.15. The van der Waals surface area contributed by atoms with Crippen molar-refractivity contribution in [3.05, 3.63) is 41.9 Å². The highest BCUT2D eigenvalue weighted by Crippen LogP contribution is 2.37. The lowest BCUT2D eigenvalue weighted by Crippen LogP contribution is -2.41. The number of aromatic nitrogens is 3. The van der Waals surface area contributed by atoms with E-state index >= 15 is 0 Å². The minimum Gasteiger partial charge on any atom is -0.349 e. The van der Waals surface area contributed by atoms with E-state index in [4.69, 9.17) is 0 Å². The molecule has 1 aliphatic rings. The van der Waals surface area contributed by atoms with Crippen molar-refractivity contribution in [3.63, 3.8) is 0 Å². The second-order valence-corrected chi connectivity index (χ2v) is 7.27. The first-order valence-corrected chi connectivity index (χ1v) is 9.14. The number of carbonyl (C=O) groups is 1. The van der Waals surface area contributed by atoms with Crippen LogP contribution in [0.1, 0.15) is 61.5 Å². The topological polar surface area (TPSA) is 59.8 Å². The Balaban J connectivity index is 1.80. The van der Waals surface area contributed by atoms with Gasteiger partial charge in [0.2, 0.25) is 0 Å². The van der Waals surface area contributed by atoms with Crippen molar-refractivity contribution in [1.82, 2.24) is 20.1 Å². The summed E-state index contributed by atoms with van der Waals surface area (Å²) >= 11 is 0. The van der Waals surface area contributed by atoms with E-state index in [1.54, 1.807) is 23.0 Å². The largest absolute Gasteiger partial charge is 0.391 e. The van der Waals surface area contributed by atoms with E-state index in [1.165, 1.54) is 6.20 Å². The first-order valence-electron chi connectivity index (χ1n) is 9.14. The molecular formula is C19H23F3N4O. The van der Waals surface area contributed by atoms with Gasteiger partial charge in [-0.15, -0.1) is 0 Å². The molecule has 146 valence electrons. The molecule has 0 aromatic carbocycles. The van der Waals surface area contributed by atoms with E-state index in [-0.39, 0.29) is 24.7 Å². The Morgan fingerprint density at radius 1 is 1.30 bits per heavy atom. The molecule has 1 amide bonds. The molecule has 0 unspecified atom stereocenters. The summed E-state index contributed by atoms with van der Waals surface area (Å²) in [5.41, 5.74) is 1.07. The molecule has 0 spiro atoms. The molecule has 0 radical (unpaired) electrons. The van der Waals surface area contributed by atoms with Crippen LogP contribution in [0.2, 0.25) is 0 Å². The highest BCUT2D eigenvalue weighted by atomic mass is 19.4. The van der Waals surface area contributed by atoms with E-state index in [2.05, 4.69) is 15.4 Å². The Bertz CT molecular complexity index is 786. The van der Waals surface area contributed by atoms with Crippen LogP contribution in [-0.2, 0) is 0 Å². The number of hydrogen-bond donors (Lipinski definition) is 1. The fraction of sp³-hybridized carbons (Fsp3) is 0.526. The Morgan fingerprint density at radius 3 is 2.70 bits per heavy atom. The van der Waals surface area contributed by atoms with E-state index < -0.39 is 18.1 Å². The van der Waals surface area contributed by atoms with Gasteiger partial charge >= 0.3 is 6.18 Å². The van der Waals surface area contributed by atoms with Crippen LogP contribution in [0.5, 0.6) is 0 Å². The van der Waals surface area contributed by atoms with Crippen LogP contribution in [0.15, 0.2) is 30.6 Å². The van der Waals surface area contributed by atoms with E-state index in [0.29, 0.717) is 29.9 Å². The molecule has 0 aliphatic heterocycles. The van der Waals surface area contributed by atoms with Crippen LogP contribution < -0.4 is 5.32 Å². The zero-order chi connectivity index (χ0) is 19.6. The number of halogens is 3. The van der Waals surface area contributed by atoms with Crippen molar-refractivity contribution in [3.8, 4) is 5.82 Å². The lowest BCUT2D eigenvalue weighted by molar-refractivity contribution is -0.183. The second-order valence-electron chi connectivity index (χ2n) is 7.27. The number of alkyl halides is 3. The molecule has 2 atom stereocenters. The Kier molecular flexibility index (Phi) is 5.53. The summed E-state index contributed by atoms with van der Waals surface area (Å²) in [6.45, 7) is 3.88. The maximum absolute atomic E-state index is 13.0. The van der Waals surface area contributed by atoms with Gasteiger partial charge in [0, 0.05) is 12.2 Å². The first kappa shape index (κ1) is 19.4. The van der Waals surface area contributed by atoms with Crippen molar-refractivity contribution in [2.45, 2.75) is 57.7 Å². The van der Waals surface area contributed by atoms with Crippen LogP contribution in [0.25, 0.3) is 5.82 Å². The predicted molar refractivity (Wildman–Crippen MR) is 94.7 cm³/mol. The molecule has 1 fully saturated rings. The smallest absolute Gasteiger partial charge is 0.349 e. The van der Waals surface area contributed by atoms with Gasteiger partial charge in [-0.05, 0) is 37.3 Å². The third kappa shape index (κ3) is 4.31. The third-order valence-corrected chi connectivity index (χ3v) is 4.94. The fourth-order valence-corrected chi connectivity index (χ4v) is 3.63. The zero-order valence-corrected chi connectivity index (χ0v) is 15.3. The summed E-state index contributed by atoms with van der Waals surface area (Å²) in [6.07, 6.45) is -0.0334. The lowest BCUT2D eigenvalue weighted by atomic mass is 9.85. The third-order valence-electron chi connectivity index (χ3n) is 4.94. The molecule has 0 bridgehead atoms. The number of carbonyl (C=O) groups excluding carboxylic acids is 1. The van der Waals surface area contributed by atoms with E-state index in [0.717, 1.165) is 0 Å². The normalized spacial score (nSPS) is 20.7. The minimum absolute atomic E-state index is 0.00969. The van der Waals surface area contributed by atoms with Crippen molar-refractivity contribution in [2.24, 2.45) is 5.92 Å². The molecule has 8 heteroatoms. The average molecular weight is 380 g/mol. The van der Waals surface area contributed by atoms with E-state index in [1.807, 2.05) is 19.9 Å². The fourth-order valence-electron chi connectivity index (χ4n) is 3.63. The second kappa shape index (κ2) is 7.70. The molecule has 2 heterocycles. The first-order chi connectivity index (χ1) is 12.8. The number of nitrogens with one attached hydrogen (secondary N) is 1. The summed E-state index contributed by atoms with van der Waals surface area (Å²) in [5, 5.41) is 7.07. The molecule has 1 saturated carbocycles. The van der Waals surface area contributed by atoms with Gasteiger partial charge in [0.05, 0.1) is 23.4 Å². The summed E-state index contributed by atoms with van der Waals surface area (Å²) < 4.78 is 40.6. The van der Waals surface area contributed by atoms with Crippen LogP contribution in [0.4, 0.5) is 13.2 Å². The quantitative estimate of drug-likeness (QED) is 0.863. The molecule has 3 rings (SSSR count). The monoisotopic (exact) mass is 380 g/mol. The summed E-state index contributed by atoms with van der Waals surface area (Å²) in [4.78, 5) is 17.0. The Hall–Kier alpha value is -2.38.